The van der Waals surface area contributed by atoms with Crippen LogP contribution in [0.15, 0.2) is 54.6 Å². The normalized spacial score (nSPS) is 14.2. The third kappa shape index (κ3) is 6.48. The summed E-state index contributed by atoms with van der Waals surface area (Å²) in [6, 6.07) is 18.3. The topological polar surface area (TPSA) is 79.7 Å². The van der Waals surface area contributed by atoms with E-state index < -0.39 is 17.7 Å². The molecule has 0 saturated heterocycles. The second-order valence-electron chi connectivity index (χ2n) is 11.1. The molecular formula is C32H38N2O4. The number of nitrogens with zero attached hydrogens (tertiary/aromatic N) is 2. The minimum absolute atomic E-state index is 0.115. The lowest BCUT2D eigenvalue weighted by atomic mass is 9.87. The van der Waals surface area contributed by atoms with Crippen molar-refractivity contribution >= 4 is 11.9 Å². The summed E-state index contributed by atoms with van der Waals surface area (Å²) in [7, 11) is 0. The Kier molecular flexibility index (Phi) is 8.32. The van der Waals surface area contributed by atoms with Crippen LogP contribution < -0.4 is 0 Å². The number of hydrogen-bond donors (Lipinski definition) is 1. The van der Waals surface area contributed by atoms with Gasteiger partial charge < -0.3 is 14.7 Å². The van der Waals surface area contributed by atoms with E-state index in [4.69, 9.17) is 9.72 Å². The fourth-order valence-corrected chi connectivity index (χ4v) is 5.12. The Morgan fingerprint density at radius 1 is 1.05 bits per heavy atom. The first kappa shape index (κ1) is 27.5. The molecule has 38 heavy (non-hydrogen) atoms. The average molecular weight is 515 g/mol. The predicted molar refractivity (Wildman–Crippen MR) is 149 cm³/mol. The molecule has 3 aromatic rings. The van der Waals surface area contributed by atoms with Crippen molar-refractivity contribution in [3.05, 3.63) is 88.2 Å². The Morgan fingerprint density at radius 3 is 2.37 bits per heavy atom. The number of carbonyl (C=O) groups is 2. The Morgan fingerprint density at radius 2 is 1.74 bits per heavy atom. The van der Waals surface area contributed by atoms with Gasteiger partial charge in [0.15, 0.2) is 6.10 Å². The minimum atomic E-state index is -1.18. The van der Waals surface area contributed by atoms with Crippen LogP contribution in [0, 0.1) is 13.8 Å². The smallest absolute Gasteiger partial charge is 0.337 e. The lowest BCUT2D eigenvalue weighted by molar-refractivity contribution is -0.160. The van der Waals surface area contributed by atoms with Crippen LogP contribution >= 0.6 is 0 Å². The third-order valence-electron chi connectivity index (χ3n) is 6.93. The number of carbonyl (C=O) groups excluding carboxylic acids is 1. The monoisotopic (exact) mass is 514 g/mol. The maximum atomic E-state index is 13.3. The number of rotatable bonds is 8. The van der Waals surface area contributed by atoms with E-state index >= 15 is 0 Å². The van der Waals surface area contributed by atoms with E-state index in [9.17, 15) is 14.7 Å². The molecule has 1 aliphatic heterocycles. The van der Waals surface area contributed by atoms with E-state index in [0.717, 1.165) is 40.8 Å². The van der Waals surface area contributed by atoms with E-state index in [1.54, 1.807) is 0 Å². The third-order valence-corrected chi connectivity index (χ3v) is 6.93. The summed E-state index contributed by atoms with van der Waals surface area (Å²) in [6.07, 6.45) is 1.58. The van der Waals surface area contributed by atoms with E-state index in [0.29, 0.717) is 37.2 Å². The molecule has 1 aliphatic rings. The average Bonchev–Trinajstić information content (AvgIpc) is 2.87. The fourth-order valence-electron chi connectivity index (χ4n) is 5.12. The standard InChI is InChI=1S/C32H38N2O4/c1-21-14-16-24(17-15-21)29-25-20-34(27(35)13-9-12-23-10-7-6-8-11-23)19-18-26(25)33-22(2)28(29)30(31(36)37)38-32(3,4)5/h6-8,10-11,14-17,30H,9,12-13,18-20H2,1-5H3,(H,36,37). The van der Waals surface area contributed by atoms with Gasteiger partial charge in [0.25, 0.3) is 0 Å². The molecule has 0 aliphatic carbocycles. The first-order chi connectivity index (χ1) is 18.0. The van der Waals surface area contributed by atoms with Gasteiger partial charge in [0.05, 0.1) is 5.60 Å². The molecule has 0 saturated carbocycles. The van der Waals surface area contributed by atoms with Crippen LogP contribution in [0.1, 0.15) is 73.4 Å². The van der Waals surface area contributed by atoms with Gasteiger partial charge in [0, 0.05) is 48.4 Å². The number of aliphatic carboxylic acids is 1. The van der Waals surface area contributed by atoms with Gasteiger partial charge in [-0.05, 0) is 64.2 Å². The molecule has 0 radical (unpaired) electrons. The van der Waals surface area contributed by atoms with Gasteiger partial charge in [0.2, 0.25) is 5.91 Å². The van der Waals surface area contributed by atoms with Crippen molar-refractivity contribution in [2.24, 2.45) is 0 Å². The van der Waals surface area contributed by atoms with Crippen LogP contribution in [0.3, 0.4) is 0 Å². The summed E-state index contributed by atoms with van der Waals surface area (Å²) in [5, 5.41) is 10.2. The van der Waals surface area contributed by atoms with Crippen molar-refractivity contribution in [3.8, 4) is 11.1 Å². The molecule has 1 unspecified atom stereocenters. The molecule has 6 heteroatoms. The van der Waals surface area contributed by atoms with Gasteiger partial charge in [0.1, 0.15) is 0 Å². The number of ether oxygens (including phenoxy) is 1. The number of aryl methyl sites for hydroxylation is 3. The molecule has 4 rings (SSSR count). The van der Waals surface area contributed by atoms with Gasteiger partial charge in [-0.15, -0.1) is 0 Å². The van der Waals surface area contributed by atoms with Crippen molar-refractivity contribution in [2.45, 2.75) is 78.6 Å². The molecule has 1 atom stereocenters. The summed E-state index contributed by atoms with van der Waals surface area (Å²) in [5.74, 6) is -0.938. The SMILES string of the molecule is Cc1ccc(-c2c3c(nc(C)c2C(OC(C)(C)C)C(=O)O)CCN(C(=O)CCCc2ccccc2)C3)cc1. The second-order valence-corrected chi connectivity index (χ2v) is 11.1. The Labute approximate surface area is 225 Å². The zero-order valence-corrected chi connectivity index (χ0v) is 23.1. The molecule has 0 fully saturated rings. The van der Waals surface area contributed by atoms with Gasteiger partial charge in [-0.2, -0.15) is 0 Å². The van der Waals surface area contributed by atoms with Crippen molar-refractivity contribution in [3.63, 3.8) is 0 Å². The largest absolute Gasteiger partial charge is 0.479 e. The molecular weight excluding hydrogens is 476 g/mol. The fraction of sp³-hybridized carbons (Fsp3) is 0.406. The summed E-state index contributed by atoms with van der Waals surface area (Å²) in [4.78, 5) is 32.5. The number of benzene rings is 2. The lowest BCUT2D eigenvalue weighted by Crippen LogP contribution is -2.37. The molecule has 2 aromatic carbocycles. The van der Waals surface area contributed by atoms with Crippen molar-refractivity contribution < 1.29 is 19.4 Å². The lowest BCUT2D eigenvalue weighted by Gasteiger charge is -2.33. The van der Waals surface area contributed by atoms with E-state index in [1.165, 1.54) is 5.56 Å². The summed E-state index contributed by atoms with van der Waals surface area (Å²) >= 11 is 0. The zero-order valence-electron chi connectivity index (χ0n) is 23.1. The predicted octanol–water partition coefficient (Wildman–Crippen LogP) is 6.21. The molecule has 0 bridgehead atoms. The summed E-state index contributed by atoms with van der Waals surface area (Å²) < 4.78 is 6.09. The molecule has 1 aromatic heterocycles. The Balaban J connectivity index is 1.70. The van der Waals surface area contributed by atoms with Gasteiger partial charge in [-0.25, -0.2) is 4.79 Å². The first-order valence-corrected chi connectivity index (χ1v) is 13.3. The minimum Gasteiger partial charge on any atom is -0.479 e. The number of carboxylic acids is 1. The van der Waals surface area contributed by atoms with Crippen LogP contribution in [0.25, 0.3) is 11.1 Å². The second kappa shape index (κ2) is 11.5. The highest BCUT2D eigenvalue weighted by molar-refractivity contribution is 5.83. The van der Waals surface area contributed by atoms with Crippen LogP contribution in [0.2, 0.25) is 0 Å². The molecule has 0 spiro atoms. The van der Waals surface area contributed by atoms with Crippen molar-refractivity contribution in [1.82, 2.24) is 9.88 Å². The number of aromatic nitrogens is 1. The van der Waals surface area contributed by atoms with Gasteiger partial charge in [-0.3, -0.25) is 9.78 Å². The van der Waals surface area contributed by atoms with Crippen molar-refractivity contribution in [2.75, 3.05) is 6.54 Å². The maximum absolute atomic E-state index is 13.3. The van der Waals surface area contributed by atoms with Crippen LogP contribution in [-0.4, -0.2) is 39.0 Å². The highest BCUT2D eigenvalue weighted by Gasteiger charge is 2.35. The van der Waals surface area contributed by atoms with Crippen LogP contribution in [0.4, 0.5) is 0 Å². The zero-order chi connectivity index (χ0) is 27.4. The van der Waals surface area contributed by atoms with Gasteiger partial charge >= 0.3 is 5.97 Å². The number of hydrogen-bond acceptors (Lipinski definition) is 4. The quantitative estimate of drug-likeness (QED) is 0.386. The molecule has 2 heterocycles. The Hall–Kier alpha value is -3.51. The molecule has 1 N–H and O–H groups in total. The number of carboxylic acid groups (broad SMARTS) is 1. The Bertz CT molecular complexity index is 1290. The number of amides is 1. The number of pyridine rings is 1. The van der Waals surface area contributed by atoms with Crippen molar-refractivity contribution in [1.29, 1.82) is 0 Å². The highest BCUT2D eigenvalue weighted by atomic mass is 16.5. The van der Waals surface area contributed by atoms with E-state index in [-0.39, 0.29) is 5.91 Å². The summed E-state index contributed by atoms with van der Waals surface area (Å²) in [6.45, 7) is 10.5. The highest BCUT2D eigenvalue weighted by Crippen LogP contribution is 2.40. The van der Waals surface area contributed by atoms with Crippen LogP contribution in [0.5, 0.6) is 0 Å². The van der Waals surface area contributed by atoms with Gasteiger partial charge in [-0.1, -0.05) is 60.2 Å². The van der Waals surface area contributed by atoms with E-state index in [2.05, 4.69) is 12.1 Å². The van der Waals surface area contributed by atoms with E-state index in [1.807, 2.05) is 82.0 Å². The summed E-state index contributed by atoms with van der Waals surface area (Å²) in [5.41, 5.74) is 6.47. The molecule has 200 valence electrons. The van der Waals surface area contributed by atoms with Crippen LogP contribution in [-0.2, 0) is 33.7 Å². The molecule has 6 nitrogen and oxygen atoms in total. The molecule has 1 amide bonds. The maximum Gasteiger partial charge on any atom is 0.337 e. The first-order valence-electron chi connectivity index (χ1n) is 13.3. The number of fused-ring (bicyclic) bond motifs is 1.